The van der Waals surface area contributed by atoms with E-state index in [4.69, 9.17) is 33.0 Å². The third kappa shape index (κ3) is 8.91. The Morgan fingerprint density at radius 2 is 1.76 bits per heavy atom. The van der Waals surface area contributed by atoms with E-state index >= 15 is 0 Å². The Labute approximate surface area is 306 Å². The van der Waals surface area contributed by atoms with Crippen LogP contribution in [0.2, 0.25) is 10.0 Å². The monoisotopic (exact) mass is 717 g/mol. The summed E-state index contributed by atoms with van der Waals surface area (Å²) in [5, 5.41) is 25.5. The number of hydrogen-bond acceptors (Lipinski definition) is 6. The zero-order valence-corrected chi connectivity index (χ0v) is 32.1. The maximum atomic E-state index is 12.2. The summed E-state index contributed by atoms with van der Waals surface area (Å²) in [5.41, 5.74) is 10.6. The molecule has 4 aromatic rings. The molecule has 0 aliphatic carbocycles. The highest BCUT2D eigenvalue weighted by atomic mass is 35.5. The van der Waals surface area contributed by atoms with E-state index in [1.54, 1.807) is 11.2 Å². The molecule has 4 rings (SSSR count). The van der Waals surface area contributed by atoms with Crippen LogP contribution in [0.3, 0.4) is 0 Å². The van der Waals surface area contributed by atoms with Crippen LogP contribution in [0.25, 0.3) is 28.1 Å². The van der Waals surface area contributed by atoms with Gasteiger partial charge in [-0.3, -0.25) is 0 Å². The average Bonchev–Trinajstić information content (AvgIpc) is 3.38. The molecule has 0 saturated heterocycles. The molecular weight excluding hydrogens is 669 g/mol. The Morgan fingerprint density at radius 3 is 2.38 bits per heavy atom. The van der Waals surface area contributed by atoms with Crippen molar-refractivity contribution in [2.45, 2.75) is 47.5 Å². The Kier molecular flexibility index (Phi) is 13.2. The number of fused-ring (bicyclic) bond motifs is 1. The molecule has 0 unspecified atom stereocenters. The lowest BCUT2D eigenvalue weighted by molar-refractivity contribution is 0.0698. The molecule has 1 heterocycles. The van der Waals surface area contributed by atoms with Crippen LogP contribution in [-0.2, 0) is 7.05 Å². The van der Waals surface area contributed by atoms with Crippen molar-refractivity contribution >= 4 is 68.7 Å². The largest absolute Gasteiger partial charge is 0.494 e. The van der Waals surface area contributed by atoms with Crippen molar-refractivity contribution in [2.75, 3.05) is 46.2 Å². The van der Waals surface area contributed by atoms with Gasteiger partial charge in [-0.05, 0) is 119 Å². The number of carbonyl (C=O) groups is 1. The van der Waals surface area contributed by atoms with Crippen LogP contribution in [0, 0.1) is 20.8 Å². The molecular formula is C40H49Cl2N5O3. The van der Waals surface area contributed by atoms with Gasteiger partial charge in [0.05, 0.1) is 34.1 Å². The molecule has 0 spiro atoms. The van der Waals surface area contributed by atoms with E-state index in [1.807, 2.05) is 97.7 Å². The Balaban J connectivity index is 1.92. The fourth-order valence-electron chi connectivity index (χ4n) is 6.42. The average molecular weight is 719 g/mol. The Hall–Kier alpha value is -4.24. The number of ether oxygens (including phenoxy) is 1. The molecule has 0 saturated carbocycles. The second-order valence-corrected chi connectivity index (χ2v) is 13.6. The third-order valence-corrected chi connectivity index (χ3v) is 9.46. The summed E-state index contributed by atoms with van der Waals surface area (Å²) in [5.74, 6) is -0.162. The third-order valence-electron chi connectivity index (χ3n) is 8.55. The lowest BCUT2D eigenvalue weighted by Gasteiger charge is -2.23. The number of nitrogens with zero attached hydrogens (tertiary/aromatic N) is 3. The van der Waals surface area contributed by atoms with E-state index < -0.39 is 5.97 Å². The fourth-order valence-corrected chi connectivity index (χ4v) is 6.79. The van der Waals surface area contributed by atoms with Gasteiger partial charge in [-0.25, -0.2) is 4.79 Å². The number of anilines is 1. The predicted molar refractivity (Wildman–Crippen MR) is 212 cm³/mol. The molecule has 266 valence electrons. The van der Waals surface area contributed by atoms with Gasteiger partial charge in [-0.2, -0.15) is 5.10 Å². The van der Waals surface area contributed by atoms with Gasteiger partial charge < -0.3 is 30.1 Å². The SMILES string of the molecule is C/C=C(/C(C)=N\N(C)C)c1c(Cl)ccc(/C(=C/c2cc(C)cc3c(C(=O)O)cn(C)c23)CCCOc2cc(C)c(Cl)c(C)c2)c1NCCNC. The number of carboxylic acids is 1. The van der Waals surface area contributed by atoms with E-state index in [9.17, 15) is 9.90 Å². The molecule has 8 nitrogen and oxygen atoms in total. The summed E-state index contributed by atoms with van der Waals surface area (Å²) in [7, 11) is 7.62. The number of hydrazone groups is 1. The standard InChI is InChI=1S/C40H49Cl2N5O3/c1-10-31(27(5)45-46(7)8)36-35(41)14-13-32(38(36)44-16-15-43-6)28(12-11-17-50-30-20-25(3)37(42)26(4)21-30)22-29-18-24(2)19-33-34(40(48)49)23-47(9)39(29)33/h10,13-14,18-23,43-44H,11-12,15-17H2,1-9H3,(H,48,49)/b28-22+,31-10-,45-27-. The predicted octanol–water partition coefficient (Wildman–Crippen LogP) is 9.48. The van der Waals surface area contributed by atoms with E-state index in [2.05, 4.69) is 28.8 Å². The van der Waals surface area contributed by atoms with Gasteiger partial charge in [0.2, 0.25) is 0 Å². The van der Waals surface area contributed by atoms with Crippen LogP contribution in [-0.4, -0.2) is 67.2 Å². The second-order valence-electron chi connectivity index (χ2n) is 12.8. The molecule has 3 aromatic carbocycles. The molecule has 0 bridgehead atoms. The van der Waals surface area contributed by atoms with Gasteiger partial charge in [-0.15, -0.1) is 0 Å². The van der Waals surface area contributed by atoms with E-state index in [0.29, 0.717) is 30.0 Å². The molecule has 0 atom stereocenters. The number of allylic oxidation sites excluding steroid dienone is 3. The topological polar surface area (TPSA) is 91.1 Å². The maximum absolute atomic E-state index is 12.2. The molecule has 1 aromatic heterocycles. The van der Waals surface area contributed by atoms with Gasteiger partial charge in [0.1, 0.15) is 5.75 Å². The van der Waals surface area contributed by atoms with Gasteiger partial charge in [-0.1, -0.05) is 35.3 Å². The minimum atomic E-state index is -0.951. The number of nitrogens with one attached hydrogen (secondary N) is 2. The number of benzene rings is 3. The van der Waals surface area contributed by atoms with Gasteiger partial charge in [0.25, 0.3) is 0 Å². The number of likely N-dealkylation sites (N-methyl/N-ethyl adjacent to an activating group) is 1. The zero-order valence-electron chi connectivity index (χ0n) is 30.6. The van der Waals surface area contributed by atoms with Crippen LogP contribution in [0.4, 0.5) is 5.69 Å². The normalized spacial score (nSPS) is 12.5. The summed E-state index contributed by atoms with van der Waals surface area (Å²) >= 11 is 13.5. The van der Waals surface area contributed by atoms with Gasteiger partial charge >= 0.3 is 5.97 Å². The first-order chi connectivity index (χ1) is 23.8. The molecule has 0 radical (unpaired) electrons. The lowest BCUT2D eigenvalue weighted by Crippen LogP contribution is -2.19. The van der Waals surface area contributed by atoms with Crippen molar-refractivity contribution in [3.8, 4) is 5.75 Å². The smallest absolute Gasteiger partial charge is 0.337 e. The maximum Gasteiger partial charge on any atom is 0.337 e. The number of rotatable bonds is 15. The van der Waals surface area contributed by atoms with Gasteiger partial charge in [0.15, 0.2) is 0 Å². The minimum absolute atomic E-state index is 0.279. The molecule has 3 N–H and O–H groups in total. The van der Waals surface area contributed by atoms with Crippen molar-refractivity contribution in [1.29, 1.82) is 0 Å². The molecule has 10 heteroatoms. The summed E-state index contributed by atoms with van der Waals surface area (Å²) in [6, 6.07) is 12.0. The highest BCUT2D eigenvalue weighted by Gasteiger charge is 2.22. The van der Waals surface area contributed by atoms with Crippen LogP contribution < -0.4 is 15.4 Å². The number of aromatic nitrogens is 1. The summed E-state index contributed by atoms with van der Waals surface area (Å²) in [4.78, 5) is 12.2. The summed E-state index contributed by atoms with van der Waals surface area (Å²) < 4.78 is 8.14. The van der Waals surface area contributed by atoms with Crippen molar-refractivity contribution in [2.24, 2.45) is 12.1 Å². The van der Waals surface area contributed by atoms with E-state index in [0.717, 1.165) is 85.2 Å². The number of carboxylic acid groups (broad SMARTS) is 1. The van der Waals surface area contributed by atoms with Crippen molar-refractivity contribution in [3.05, 3.63) is 97.7 Å². The van der Waals surface area contributed by atoms with Crippen LogP contribution in [0.1, 0.15) is 70.4 Å². The van der Waals surface area contributed by atoms with Crippen LogP contribution in [0.15, 0.2) is 53.8 Å². The number of hydrogen-bond donors (Lipinski definition) is 3. The molecule has 0 fully saturated rings. The van der Waals surface area contributed by atoms with Crippen molar-refractivity contribution < 1.29 is 14.6 Å². The molecule has 0 aliphatic rings. The van der Waals surface area contributed by atoms with E-state index in [1.165, 1.54) is 0 Å². The number of aromatic carboxylic acids is 1. The summed E-state index contributed by atoms with van der Waals surface area (Å²) in [6.07, 6.45) is 7.31. The number of halogens is 2. The van der Waals surface area contributed by atoms with Crippen LogP contribution >= 0.6 is 23.2 Å². The lowest BCUT2D eigenvalue weighted by atomic mass is 9.90. The van der Waals surface area contributed by atoms with Gasteiger partial charge in [0, 0.05) is 67.5 Å². The van der Waals surface area contributed by atoms with Crippen molar-refractivity contribution in [1.82, 2.24) is 14.9 Å². The Bertz CT molecular complexity index is 1950. The zero-order chi connectivity index (χ0) is 36.7. The fraction of sp³-hybridized carbons (Fsp3) is 0.350. The van der Waals surface area contributed by atoms with E-state index in [-0.39, 0.29) is 5.56 Å². The quantitative estimate of drug-likeness (QED) is 0.0491. The first-order valence-electron chi connectivity index (χ1n) is 16.8. The highest BCUT2D eigenvalue weighted by molar-refractivity contribution is 6.36. The van der Waals surface area contributed by atoms with Crippen molar-refractivity contribution in [3.63, 3.8) is 0 Å². The first kappa shape index (κ1) is 38.6. The minimum Gasteiger partial charge on any atom is -0.494 e. The molecule has 0 amide bonds. The second kappa shape index (κ2) is 17.1. The van der Waals surface area contributed by atoms with Crippen LogP contribution in [0.5, 0.6) is 5.75 Å². The molecule has 0 aliphatic heterocycles. The first-order valence-corrected chi connectivity index (χ1v) is 17.6. The summed E-state index contributed by atoms with van der Waals surface area (Å²) in [6.45, 7) is 11.8. The number of aryl methyl sites for hydroxylation is 4. The Morgan fingerprint density at radius 1 is 1.06 bits per heavy atom. The molecule has 50 heavy (non-hydrogen) atoms. The highest BCUT2D eigenvalue weighted by Crippen LogP contribution is 2.41.